The van der Waals surface area contributed by atoms with Crippen LogP contribution in [-0.4, -0.2) is 25.8 Å². The Morgan fingerprint density at radius 2 is 1.60 bits per heavy atom. The second-order valence-electron chi connectivity index (χ2n) is 6.19. The number of nitrogens with zero attached hydrogens (tertiary/aromatic N) is 1. The van der Waals surface area contributed by atoms with Crippen molar-refractivity contribution in [3.63, 3.8) is 0 Å². The molecule has 0 aliphatic heterocycles. The van der Waals surface area contributed by atoms with Crippen molar-refractivity contribution in [3.8, 4) is 0 Å². The van der Waals surface area contributed by atoms with Crippen LogP contribution in [0.5, 0.6) is 0 Å². The largest absolute Gasteiger partial charge is 0.306 e. The van der Waals surface area contributed by atoms with Gasteiger partial charge in [-0.05, 0) is 42.7 Å². The third-order valence-corrected chi connectivity index (χ3v) is 6.65. The molecule has 0 aromatic heterocycles. The Balaban J connectivity index is 2.08. The molecule has 0 bridgehead atoms. The van der Waals surface area contributed by atoms with E-state index in [-0.39, 0.29) is 6.04 Å². The molecule has 0 spiro atoms. The quantitative estimate of drug-likeness (QED) is 0.777. The third kappa shape index (κ3) is 4.69. The molecule has 0 heterocycles. The smallest absolute Gasteiger partial charge is 0.243 e. The lowest BCUT2D eigenvalue weighted by atomic mass is 10.1. The van der Waals surface area contributed by atoms with Gasteiger partial charge in [0.25, 0.3) is 0 Å². The number of aryl methyl sites for hydroxylation is 1. The Morgan fingerprint density at radius 3 is 2.16 bits per heavy atom. The number of hydrogen-bond acceptors (Lipinski definition) is 3. The van der Waals surface area contributed by atoms with Crippen molar-refractivity contribution in [1.29, 1.82) is 0 Å². The van der Waals surface area contributed by atoms with Crippen molar-refractivity contribution in [2.24, 2.45) is 0 Å². The van der Waals surface area contributed by atoms with E-state index in [1.165, 1.54) is 15.4 Å². The molecule has 0 aliphatic carbocycles. The van der Waals surface area contributed by atoms with Gasteiger partial charge in [0.15, 0.2) is 0 Å². The van der Waals surface area contributed by atoms with Crippen LogP contribution < -0.4 is 5.32 Å². The van der Waals surface area contributed by atoms with Crippen LogP contribution in [0.3, 0.4) is 0 Å². The van der Waals surface area contributed by atoms with Crippen LogP contribution in [0.25, 0.3) is 0 Å². The van der Waals surface area contributed by atoms with Gasteiger partial charge in [-0.25, -0.2) is 8.42 Å². The molecule has 0 unspecified atom stereocenters. The summed E-state index contributed by atoms with van der Waals surface area (Å²) in [4.78, 5) is 0.353. The highest BCUT2D eigenvalue weighted by atomic mass is 32.2. The zero-order valence-electron chi connectivity index (χ0n) is 15.5. The molecule has 0 amide bonds. The van der Waals surface area contributed by atoms with E-state index in [0.717, 1.165) is 12.1 Å². The van der Waals surface area contributed by atoms with E-state index in [9.17, 15) is 8.42 Å². The molecule has 0 saturated heterocycles. The molecule has 1 atom stereocenters. The summed E-state index contributed by atoms with van der Waals surface area (Å²) in [6.07, 6.45) is 0. The molecule has 2 aromatic carbocycles. The first-order valence-electron chi connectivity index (χ1n) is 8.78. The van der Waals surface area contributed by atoms with Crippen molar-refractivity contribution in [2.75, 3.05) is 13.1 Å². The van der Waals surface area contributed by atoms with E-state index >= 15 is 0 Å². The average molecular weight is 361 g/mol. The molecule has 5 heteroatoms. The Bertz CT molecular complexity index is 782. The first-order chi connectivity index (χ1) is 11.9. The van der Waals surface area contributed by atoms with Gasteiger partial charge in [0.05, 0.1) is 4.90 Å². The predicted octanol–water partition coefficient (Wildman–Crippen LogP) is 3.88. The number of sulfonamides is 1. The van der Waals surface area contributed by atoms with Crippen molar-refractivity contribution >= 4 is 10.0 Å². The molecule has 2 rings (SSSR count). The first-order valence-corrected chi connectivity index (χ1v) is 10.2. The van der Waals surface area contributed by atoms with Gasteiger partial charge in [0.2, 0.25) is 10.0 Å². The summed E-state index contributed by atoms with van der Waals surface area (Å²) in [7, 11) is -3.39. The van der Waals surface area contributed by atoms with Crippen LogP contribution in [0.1, 0.15) is 43.5 Å². The molecule has 0 saturated carbocycles. The molecule has 136 valence electrons. The number of hydrogen-bond donors (Lipinski definition) is 1. The van der Waals surface area contributed by atoms with Gasteiger partial charge in [-0.2, -0.15) is 4.31 Å². The van der Waals surface area contributed by atoms with Crippen molar-refractivity contribution in [1.82, 2.24) is 9.62 Å². The van der Waals surface area contributed by atoms with Gasteiger partial charge in [0.1, 0.15) is 0 Å². The van der Waals surface area contributed by atoms with Crippen molar-refractivity contribution in [3.05, 3.63) is 65.2 Å². The summed E-state index contributed by atoms with van der Waals surface area (Å²) < 4.78 is 26.5. The van der Waals surface area contributed by atoms with E-state index in [1.807, 2.05) is 38.1 Å². The highest BCUT2D eigenvalue weighted by molar-refractivity contribution is 7.89. The number of rotatable bonds is 8. The zero-order chi connectivity index (χ0) is 18.4. The van der Waals surface area contributed by atoms with Crippen LogP contribution >= 0.6 is 0 Å². The Morgan fingerprint density at radius 1 is 1.00 bits per heavy atom. The first kappa shape index (κ1) is 19.6. The van der Waals surface area contributed by atoms with E-state index in [4.69, 9.17) is 0 Å². The van der Waals surface area contributed by atoms with Crippen LogP contribution in [0.2, 0.25) is 0 Å². The normalized spacial score (nSPS) is 13.2. The summed E-state index contributed by atoms with van der Waals surface area (Å²) in [5.41, 5.74) is 3.62. The maximum absolute atomic E-state index is 12.5. The highest BCUT2D eigenvalue weighted by Gasteiger charge is 2.21. The fourth-order valence-corrected chi connectivity index (χ4v) is 4.29. The predicted molar refractivity (Wildman–Crippen MR) is 103 cm³/mol. The Kier molecular flexibility index (Phi) is 6.76. The average Bonchev–Trinajstić information content (AvgIpc) is 2.61. The fraction of sp³-hybridized carbons (Fsp3) is 0.400. The maximum atomic E-state index is 12.5. The number of benzene rings is 2. The van der Waals surface area contributed by atoms with Gasteiger partial charge in [-0.1, -0.05) is 50.2 Å². The minimum atomic E-state index is -3.39. The summed E-state index contributed by atoms with van der Waals surface area (Å²) in [6.45, 7) is 9.65. The minimum Gasteiger partial charge on any atom is -0.306 e. The molecule has 0 radical (unpaired) electrons. The molecule has 0 fully saturated rings. The van der Waals surface area contributed by atoms with Gasteiger partial charge < -0.3 is 5.32 Å². The monoisotopic (exact) mass is 360 g/mol. The molecule has 25 heavy (non-hydrogen) atoms. The second-order valence-corrected chi connectivity index (χ2v) is 8.13. The summed E-state index contributed by atoms with van der Waals surface area (Å²) in [5.74, 6) is 0. The lowest BCUT2D eigenvalue weighted by Crippen LogP contribution is -2.30. The highest BCUT2D eigenvalue weighted by Crippen LogP contribution is 2.20. The zero-order valence-corrected chi connectivity index (χ0v) is 16.3. The molecule has 2 aromatic rings. The second kappa shape index (κ2) is 8.61. The summed E-state index contributed by atoms with van der Waals surface area (Å²) in [5, 5.41) is 3.50. The summed E-state index contributed by atoms with van der Waals surface area (Å²) in [6, 6.07) is 15.6. The van der Waals surface area contributed by atoms with Crippen LogP contribution in [0.4, 0.5) is 0 Å². The topological polar surface area (TPSA) is 49.4 Å². The third-order valence-electron chi connectivity index (χ3n) is 4.58. The van der Waals surface area contributed by atoms with Gasteiger partial charge >= 0.3 is 0 Å². The lowest BCUT2D eigenvalue weighted by Gasteiger charge is -2.19. The summed E-state index contributed by atoms with van der Waals surface area (Å²) >= 11 is 0. The van der Waals surface area contributed by atoms with Crippen LogP contribution in [0, 0.1) is 6.92 Å². The van der Waals surface area contributed by atoms with E-state index in [2.05, 4.69) is 31.3 Å². The standard InChI is InChI=1S/C20H28N2O2S/c1-5-22(6-2)25(23,24)20-13-11-18(12-14-20)17(4)21-15-19-10-8-7-9-16(19)3/h7-14,17,21H,5-6,15H2,1-4H3/t17-/m0/s1. The minimum absolute atomic E-state index is 0.143. The Hall–Kier alpha value is -1.69. The molecule has 1 N–H and O–H groups in total. The Labute approximate surface area is 151 Å². The number of nitrogens with one attached hydrogen (secondary N) is 1. The van der Waals surface area contributed by atoms with Gasteiger partial charge in [-0.3, -0.25) is 0 Å². The fourth-order valence-electron chi connectivity index (χ4n) is 2.83. The molecule has 0 aliphatic rings. The lowest BCUT2D eigenvalue weighted by molar-refractivity contribution is 0.445. The van der Waals surface area contributed by atoms with E-state index < -0.39 is 10.0 Å². The van der Waals surface area contributed by atoms with Gasteiger partial charge in [0, 0.05) is 25.7 Å². The van der Waals surface area contributed by atoms with E-state index in [0.29, 0.717) is 18.0 Å². The molecule has 4 nitrogen and oxygen atoms in total. The van der Waals surface area contributed by atoms with E-state index in [1.54, 1.807) is 12.1 Å². The molecular weight excluding hydrogens is 332 g/mol. The van der Waals surface area contributed by atoms with Gasteiger partial charge in [-0.15, -0.1) is 0 Å². The SMILES string of the molecule is CCN(CC)S(=O)(=O)c1ccc([C@H](C)NCc2ccccc2C)cc1. The van der Waals surface area contributed by atoms with Crippen LogP contribution in [-0.2, 0) is 16.6 Å². The van der Waals surface area contributed by atoms with Crippen molar-refractivity contribution in [2.45, 2.75) is 45.2 Å². The molecular formula is C20H28N2O2S. The maximum Gasteiger partial charge on any atom is 0.243 e. The van der Waals surface area contributed by atoms with Crippen molar-refractivity contribution < 1.29 is 8.42 Å². The van der Waals surface area contributed by atoms with Crippen LogP contribution in [0.15, 0.2) is 53.4 Å².